The molecule has 0 radical (unpaired) electrons. The number of amides is 1. The Balaban J connectivity index is 1.36. The Morgan fingerprint density at radius 1 is 1.10 bits per heavy atom. The topological polar surface area (TPSA) is 73.8 Å². The molecule has 11 heteroatoms. The van der Waals surface area contributed by atoms with Crippen molar-refractivity contribution < 1.29 is 22.0 Å². The van der Waals surface area contributed by atoms with E-state index in [-0.39, 0.29) is 17.3 Å². The standard InChI is InChI=1S/C18H22F2N4O3S2/c1-29(26,27)24-4-2-12(3-5-24)17(25)22-6-8-23(9-7-22)18-21-16-14(20)10-13(19)11-15(16)28-18/h10-12H,2-9H2,1H3. The lowest BCUT2D eigenvalue weighted by Crippen LogP contribution is -2.52. The molecule has 1 aromatic heterocycles. The van der Waals surface area contributed by atoms with Gasteiger partial charge in [-0.15, -0.1) is 0 Å². The smallest absolute Gasteiger partial charge is 0.225 e. The molecular formula is C18H22F2N4O3S2. The van der Waals surface area contributed by atoms with Crippen molar-refractivity contribution in [3.05, 3.63) is 23.8 Å². The molecule has 1 amide bonds. The Labute approximate surface area is 172 Å². The molecule has 0 bridgehead atoms. The van der Waals surface area contributed by atoms with Gasteiger partial charge >= 0.3 is 0 Å². The lowest BCUT2D eigenvalue weighted by molar-refractivity contribution is -0.137. The summed E-state index contributed by atoms with van der Waals surface area (Å²) in [5.74, 6) is -1.38. The van der Waals surface area contributed by atoms with E-state index in [0.717, 1.165) is 6.07 Å². The number of aromatic nitrogens is 1. The molecule has 0 N–H and O–H groups in total. The first kappa shape index (κ1) is 20.4. The zero-order valence-corrected chi connectivity index (χ0v) is 17.6. The summed E-state index contributed by atoms with van der Waals surface area (Å²) in [6, 6.07) is 2.11. The van der Waals surface area contributed by atoms with Crippen LogP contribution in [0.25, 0.3) is 10.2 Å². The van der Waals surface area contributed by atoms with Gasteiger partial charge in [-0.25, -0.2) is 26.5 Å². The molecule has 4 rings (SSSR count). The maximum absolute atomic E-state index is 13.9. The number of piperidine rings is 1. The number of sulfonamides is 1. The highest BCUT2D eigenvalue weighted by Gasteiger charge is 2.33. The molecule has 2 aliphatic heterocycles. The van der Waals surface area contributed by atoms with Crippen molar-refractivity contribution in [3.8, 4) is 0 Å². The van der Waals surface area contributed by atoms with E-state index >= 15 is 0 Å². The molecule has 158 valence electrons. The Bertz CT molecular complexity index is 1030. The number of hydrogen-bond donors (Lipinski definition) is 0. The molecule has 2 fully saturated rings. The van der Waals surface area contributed by atoms with Gasteiger partial charge < -0.3 is 9.80 Å². The number of rotatable bonds is 3. The van der Waals surface area contributed by atoms with Gasteiger partial charge in [0.2, 0.25) is 15.9 Å². The minimum absolute atomic E-state index is 0.0650. The first-order valence-electron chi connectivity index (χ1n) is 9.47. The molecule has 1 aromatic carbocycles. The fourth-order valence-electron chi connectivity index (χ4n) is 3.89. The normalized spacial score (nSPS) is 19.8. The van der Waals surface area contributed by atoms with E-state index < -0.39 is 21.7 Å². The van der Waals surface area contributed by atoms with Crippen molar-refractivity contribution in [2.45, 2.75) is 12.8 Å². The van der Waals surface area contributed by atoms with E-state index in [1.165, 1.54) is 28.0 Å². The van der Waals surface area contributed by atoms with E-state index in [9.17, 15) is 22.0 Å². The SMILES string of the molecule is CS(=O)(=O)N1CCC(C(=O)N2CCN(c3nc4c(F)cc(F)cc4s3)CC2)CC1. The third kappa shape index (κ3) is 4.22. The number of carbonyl (C=O) groups excluding carboxylic acids is 1. The molecule has 2 saturated heterocycles. The minimum Gasteiger partial charge on any atom is -0.345 e. The highest BCUT2D eigenvalue weighted by molar-refractivity contribution is 7.88. The minimum atomic E-state index is -3.21. The maximum Gasteiger partial charge on any atom is 0.225 e. The molecule has 0 atom stereocenters. The predicted octanol–water partition coefficient (Wildman–Crippen LogP) is 1.89. The van der Waals surface area contributed by atoms with Gasteiger partial charge in [0, 0.05) is 51.3 Å². The number of anilines is 1. The average Bonchev–Trinajstić information content (AvgIpc) is 3.11. The number of fused-ring (bicyclic) bond motifs is 1. The summed E-state index contributed by atoms with van der Waals surface area (Å²) in [5.41, 5.74) is 0.169. The molecule has 0 saturated carbocycles. The molecule has 3 heterocycles. The van der Waals surface area contributed by atoms with E-state index in [1.807, 2.05) is 9.80 Å². The van der Waals surface area contributed by atoms with E-state index in [2.05, 4.69) is 4.98 Å². The van der Waals surface area contributed by atoms with Crippen LogP contribution < -0.4 is 4.90 Å². The van der Waals surface area contributed by atoms with Crippen LogP contribution in [0.15, 0.2) is 12.1 Å². The van der Waals surface area contributed by atoms with Crippen LogP contribution in [0, 0.1) is 17.6 Å². The lowest BCUT2D eigenvalue weighted by atomic mass is 9.96. The summed E-state index contributed by atoms with van der Waals surface area (Å²) in [6.07, 6.45) is 2.26. The van der Waals surface area contributed by atoms with Gasteiger partial charge in [-0.2, -0.15) is 0 Å². The summed E-state index contributed by atoms with van der Waals surface area (Å²) < 4.78 is 52.4. The fourth-order valence-corrected chi connectivity index (χ4v) is 5.82. The third-order valence-corrected chi connectivity index (χ3v) is 7.90. The lowest BCUT2D eigenvalue weighted by Gasteiger charge is -2.38. The second-order valence-electron chi connectivity index (χ2n) is 7.48. The molecular weight excluding hydrogens is 422 g/mol. The zero-order valence-electron chi connectivity index (χ0n) is 16.0. The Morgan fingerprint density at radius 3 is 2.38 bits per heavy atom. The van der Waals surface area contributed by atoms with Gasteiger partial charge in [0.05, 0.1) is 11.0 Å². The Kier molecular flexibility index (Phi) is 5.47. The summed E-state index contributed by atoms with van der Waals surface area (Å²) in [4.78, 5) is 20.9. The van der Waals surface area contributed by atoms with E-state index in [4.69, 9.17) is 0 Å². The van der Waals surface area contributed by atoms with E-state index in [1.54, 1.807) is 0 Å². The van der Waals surface area contributed by atoms with Crippen molar-refractivity contribution >= 4 is 42.6 Å². The predicted molar refractivity (Wildman–Crippen MR) is 107 cm³/mol. The average molecular weight is 445 g/mol. The highest BCUT2D eigenvalue weighted by atomic mass is 32.2. The van der Waals surface area contributed by atoms with E-state index in [0.29, 0.717) is 61.9 Å². The molecule has 7 nitrogen and oxygen atoms in total. The zero-order chi connectivity index (χ0) is 20.8. The van der Waals surface area contributed by atoms with Gasteiger partial charge in [-0.05, 0) is 18.9 Å². The van der Waals surface area contributed by atoms with Gasteiger partial charge in [0.1, 0.15) is 11.3 Å². The highest BCUT2D eigenvalue weighted by Crippen LogP contribution is 2.32. The van der Waals surface area contributed by atoms with Gasteiger partial charge in [-0.3, -0.25) is 4.79 Å². The van der Waals surface area contributed by atoms with Crippen LogP contribution >= 0.6 is 11.3 Å². The summed E-state index contributed by atoms with van der Waals surface area (Å²) in [6.45, 7) is 2.94. The third-order valence-electron chi connectivity index (χ3n) is 5.54. The monoisotopic (exact) mass is 444 g/mol. The number of nitrogens with zero attached hydrogens (tertiary/aromatic N) is 4. The number of halogens is 2. The van der Waals surface area contributed by atoms with Gasteiger partial charge in [0.25, 0.3) is 0 Å². The quantitative estimate of drug-likeness (QED) is 0.723. The summed E-state index contributed by atoms with van der Waals surface area (Å²) in [5, 5.41) is 0.623. The second-order valence-corrected chi connectivity index (χ2v) is 10.5. The molecule has 0 unspecified atom stereocenters. The molecule has 2 aromatic rings. The molecule has 2 aliphatic rings. The van der Waals surface area contributed by atoms with Crippen molar-refractivity contribution in [1.82, 2.24) is 14.2 Å². The summed E-state index contributed by atoms with van der Waals surface area (Å²) >= 11 is 1.24. The van der Waals surface area contributed by atoms with Crippen molar-refractivity contribution in [2.24, 2.45) is 5.92 Å². The molecule has 29 heavy (non-hydrogen) atoms. The van der Waals surface area contributed by atoms with Crippen molar-refractivity contribution in [1.29, 1.82) is 0 Å². The number of thiazole rings is 1. The van der Waals surface area contributed by atoms with Gasteiger partial charge in [0.15, 0.2) is 10.9 Å². The number of hydrogen-bond acceptors (Lipinski definition) is 6. The maximum atomic E-state index is 13.9. The van der Waals surface area contributed by atoms with Crippen LogP contribution in [0.5, 0.6) is 0 Å². The van der Waals surface area contributed by atoms with Crippen LogP contribution in [0.3, 0.4) is 0 Å². The number of piperazine rings is 1. The van der Waals surface area contributed by atoms with Crippen molar-refractivity contribution in [2.75, 3.05) is 50.4 Å². The fraction of sp³-hybridized carbons (Fsp3) is 0.556. The van der Waals surface area contributed by atoms with Crippen LogP contribution in [0.2, 0.25) is 0 Å². The largest absolute Gasteiger partial charge is 0.345 e. The summed E-state index contributed by atoms with van der Waals surface area (Å²) in [7, 11) is -3.21. The van der Waals surface area contributed by atoms with Gasteiger partial charge in [-0.1, -0.05) is 11.3 Å². The molecule has 0 spiro atoms. The first-order chi connectivity index (χ1) is 13.7. The van der Waals surface area contributed by atoms with Crippen molar-refractivity contribution in [3.63, 3.8) is 0 Å². The number of carbonyl (C=O) groups is 1. The second kappa shape index (κ2) is 7.77. The first-order valence-corrected chi connectivity index (χ1v) is 12.1. The Morgan fingerprint density at radius 2 is 1.76 bits per heavy atom. The van der Waals surface area contributed by atoms with Crippen LogP contribution in [0.1, 0.15) is 12.8 Å². The Hall–Kier alpha value is -1.85. The number of benzene rings is 1. The van der Waals surface area contributed by atoms with Crippen LogP contribution in [-0.4, -0.2) is 74.0 Å². The molecule has 0 aliphatic carbocycles. The van der Waals surface area contributed by atoms with Crippen LogP contribution in [0.4, 0.5) is 13.9 Å². The van der Waals surface area contributed by atoms with Crippen LogP contribution in [-0.2, 0) is 14.8 Å².